The second-order valence-corrected chi connectivity index (χ2v) is 27.0. The van der Waals surface area contributed by atoms with Crippen molar-refractivity contribution in [3.8, 4) is 0 Å². The highest BCUT2D eigenvalue weighted by atomic mass is 31.2. The lowest BCUT2D eigenvalue weighted by Crippen LogP contribution is -2.29. The Bertz CT molecular complexity index is 1490. The molecular weight excluding hydrogens is 1070 g/mol. The highest BCUT2D eigenvalue weighted by Gasteiger charge is 2.26. The van der Waals surface area contributed by atoms with Crippen molar-refractivity contribution in [3.63, 3.8) is 0 Å². The molecule has 85 heavy (non-hydrogen) atoms. The maximum Gasteiger partial charge on any atom is 0.472 e. The zero-order valence-corrected chi connectivity index (χ0v) is 57.5. The molecule has 0 spiro atoms. The fraction of sp³-hybridized carbons (Fsp3) is 0.893. The van der Waals surface area contributed by atoms with Gasteiger partial charge in [-0.15, -0.1) is 0 Å². The molecule has 2 unspecified atom stereocenters. The van der Waals surface area contributed by atoms with Gasteiger partial charge in [0.2, 0.25) is 0 Å². The van der Waals surface area contributed by atoms with Gasteiger partial charge in [0.05, 0.1) is 13.2 Å². The number of allylic oxidation sites excluding steroid dienone is 6. The summed E-state index contributed by atoms with van der Waals surface area (Å²) in [5.74, 6) is -0.809. The minimum Gasteiger partial charge on any atom is -0.462 e. The molecule has 0 rings (SSSR count). The number of carbonyl (C=O) groups is 2. The van der Waals surface area contributed by atoms with Crippen molar-refractivity contribution in [1.82, 2.24) is 0 Å². The predicted octanol–water partition coefficient (Wildman–Crippen LogP) is 24.6. The Labute approximate surface area is 528 Å². The number of ether oxygens (including phenoxy) is 2. The van der Waals surface area contributed by atoms with Crippen molar-refractivity contribution in [2.45, 2.75) is 405 Å². The molecule has 0 heterocycles. The third kappa shape index (κ3) is 71.2. The van der Waals surface area contributed by atoms with E-state index in [1.165, 1.54) is 315 Å². The van der Waals surface area contributed by atoms with E-state index in [2.05, 4.69) is 50.3 Å². The SMILES string of the molecule is CCCCCCC/C=C\C/C=C\C/C=C\CCCCCCCCCCCCCCC(=O)OC(COC(=O)CCCCCCCCCCCCCCCCCCCCCCCCCCCCCCCCCCCCCCC)COP(=O)(O)OCCN. The van der Waals surface area contributed by atoms with Gasteiger partial charge < -0.3 is 20.1 Å². The quantitative estimate of drug-likeness (QED) is 0.0264. The van der Waals surface area contributed by atoms with Crippen LogP contribution in [0, 0.1) is 0 Å². The van der Waals surface area contributed by atoms with E-state index in [0.29, 0.717) is 6.42 Å². The van der Waals surface area contributed by atoms with E-state index < -0.39 is 26.5 Å². The van der Waals surface area contributed by atoms with Crippen molar-refractivity contribution in [1.29, 1.82) is 0 Å². The lowest BCUT2D eigenvalue weighted by Gasteiger charge is -2.19. The van der Waals surface area contributed by atoms with Gasteiger partial charge in [0.15, 0.2) is 6.10 Å². The molecule has 0 amide bonds. The minimum absolute atomic E-state index is 0.0548. The third-order valence-electron chi connectivity index (χ3n) is 17.0. The normalized spacial score (nSPS) is 13.0. The summed E-state index contributed by atoms with van der Waals surface area (Å²) in [5.41, 5.74) is 5.41. The molecule has 0 saturated carbocycles. The summed E-state index contributed by atoms with van der Waals surface area (Å²) in [6, 6.07) is 0. The lowest BCUT2D eigenvalue weighted by molar-refractivity contribution is -0.161. The molecule has 9 nitrogen and oxygen atoms in total. The van der Waals surface area contributed by atoms with Gasteiger partial charge in [0.1, 0.15) is 6.61 Å². The fourth-order valence-electron chi connectivity index (χ4n) is 11.5. The zero-order valence-electron chi connectivity index (χ0n) is 56.6. The Hall–Kier alpha value is -1.77. The Morgan fingerprint density at radius 3 is 0.906 bits per heavy atom. The summed E-state index contributed by atoms with van der Waals surface area (Å²) in [5, 5.41) is 0. The number of nitrogens with two attached hydrogens (primary N) is 1. The molecule has 0 aromatic rings. The molecule has 0 saturated heterocycles. The van der Waals surface area contributed by atoms with Crippen LogP contribution in [0.25, 0.3) is 0 Å². The van der Waals surface area contributed by atoms with Crippen LogP contribution in [0.3, 0.4) is 0 Å². The Morgan fingerprint density at radius 1 is 0.353 bits per heavy atom. The molecule has 0 aromatic heterocycles. The van der Waals surface area contributed by atoms with Crippen molar-refractivity contribution in [2.24, 2.45) is 5.73 Å². The first kappa shape index (κ1) is 83.2. The largest absolute Gasteiger partial charge is 0.472 e. The highest BCUT2D eigenvalue weighted by molar-refractivity contribution is 7.47. The molecular formula is C75H144NO8P. The fourth-order valence-corrected chi connectivity index (χ4v) is 12.2. The Morgan fingerprint density at radius 2 is 0.612 bits per heavy atom. The van der Waals surface area contributed by atoms with E-state index >= 15 is 0 Å². The van der Waals surface area contributed by atoms with Gasteiger partial charge in [0, 0.05) is 19.4 Å². The first-order chi connectivity index (χ1) is 41.8. The molecule has 3 N–H and O–H groups in total. The van der Waals surface area contributed by atoms with Gasteiger partial charge in [0.25, 0.3) is 0 Å². The average Bonchev–Trinajstić information content (AvgIpc) is 3.53. The van der Waals surface area contributed by atoms with Gasteiger partial charge in [-0.25, -0.2) is 4.57 Å². The van der Waals surface area contributed by atoms with Gasteiger partial charge in [-0.3, -0.25) is 18.6 Å². The average molecular weight is 1220 g/mol. The van der Waals surface area contributed by atoms with Crippen LogP contribution in [-0.2, 0) is 32.7 Å². The molecule has 0 aliphatic heterocycles. The number of hydrogen-bond donors (Lipinski definition) is 2. The smallest absolute Gasteiger partial charge is 0.462 e. The molecule has 10 heteroatoms. The molecule has 0 radical (unpaired) electrons. The summed E-state index contributed by atoms with van der Waals surface area (Å²) < 4.78 is 33.2. The van der Waals surface area contributed by atoms with E-state index in [1.54, 1.807) is 0 Å². The van der Waals surface area contributed by atoms with E-state index in [0.717, 1.165) is 51.4 Å². The first-order valence-electron chi connectivity index (χ1n) is 37.5. The molecule has 0 aromatic carbocycles. The number of hydrogen-bond acceptors (Lipinski definition) is 8. The van der Waals surface area contributed by atoms with Crippen molar-refractivity contribution in [2.75, 3.05) is 26.4 Å². The summed E-state index contributed by atoms with van der Waals surface area (Å²) in [6.45, 7) is 3.81. The molecule has 0 aliphatic carbocycles. The standard InChI is InChI=1S/C75H144NO8P/c1-3-5-7-9-11-13-15-17-19-21-23-25-27-29-31-32-33-34-35-36-37-38-39-40-42-43-45-47-49-51-53-55-57-59-61-63-65-67-74(77)81-71-73(72-83-85(79,80)82-70-69-76)84-75(78)68-66-64-62-60-58-56-54-52-50-48-46-44-41-30-28-26-24-22-20-18-16-14-12-10-8-6-4-2/h16,18,22,24,28,30,73H,3-15,17,19-21,23,25-27,29,31-72,76H2,1-2H3,(H,79,80)/b18-16-,24-22-,30-28-. The predicted molar refractivity (Wildman–Crippen MR) is 367 cm³/mol. The number of rotatable bonds is 72. The number of phosphoric ester groups is 1. The van der Waals surface area contributed by atoms with Crippen LogP contribution in [0.4, 0.5) is 0 Å². The molecule has 0 fully saturated rings. The van der Waals surface area contributed by atoms with E-state index in [1.807, 2.05) is 0 Å². The second kappa shape index (κ2) is 71.3. The van der Waals surface area contributed by atoms with Crippen LogP contribution >= 0.6 is 7.82 Å². The summed E-state index contributed by atoms with van der Waals surface area (Å²) in [6.07, 6.45) is 89.9. The molecule has 0 bridgehead atoms. The van der Waals surface area contributed by atoms with Crippen molar-refractivity contribution < 1.29 is 37.6 Å². The molecule has 0 aliphatic rings. The van der Waals surface area contributed by atoms with Gasteiger partial charge in [-0.1, -0.05) is 371 Å². The number of unbranched alkanes of at least 4 members (excludes halogenated alkanes) is 53. The van der Waals surface area contributed by atoms with Gasteiger partial charge in [-0.2, -0.15) is 0 Å². The van der Waals surface area contributed by atoms with Crippen LogP contribution in [0.15, 0.2) is 36.5 Å². The maximum absolute atomic E-state index is 12.8. The maximum atomic E-state index is 12.8. The summed E-state index contributed by atoms with van der Waals surface area (Å²) in [4.78, 5) is 35.4. The van der Waals surface area contributed by atoms with Crippen LogP contribution in [0.2, 0.25) is 0 Å². The minimum atomic E-state index is -4.39. The van der Waals surface area contributed by atoms with Crippen LogP contribution in [0.5, 0.6) is 0 Å². The van der Waals surface area contributed by atoms with Crippen LogP contribution < -0.4 is 5.73 Å². The van der Waals surface area contributed by atoms with Gasteiger partial charge >= 0.3 is 19.8 Å². The lowest BCUT2D eigenvalue weighted by atomic mass is 10.0. The number of esters is 2. The zero-order chi connectivity index (χ0) is 61.6. The summed E-state index contributed by atoms with van der Waals surface area (Å²) in [7, 11) is -4.39. The number of carbonyl (C=O) groups excluding carboxylic acids is 2. The topological polar surface area (TPSA) is 134 Å². The molecule has 502 valence electrons. The Kier molecular flexibility index (Phi) is 69.8. The van der Waals surface area contributed by atoms with Crippen molar-refractivity contribution >= 4 is 19.8 Å². The first-order valence-corrected chi connectivity index (χ1v) is 39.0. The monoisotopic (exact) mass is 1220 g/mol. The molecule has 2 atom stereocenters. The third-order valence-corrected chi connectivity index (χ3v) is 18.0. The van der Waals surface area contributed by atoms with E-state index in [-0.39, 0.29) is 38.6 Å². The van der Waals surface area contributed by atoms with Crippen molar-refractivity contribution in [3.05, 3.63) is 36.5 Å². The van der Waals surface area contributed by atoms with Crippen LogP contribution in [-0.4, -0.2) is 49.3 Å². The van der Waals surface area contributed by atoms with E-state index in [4.69, 9.17) is 24.3 Å². The van der Waals surface area contributed by atoms with E-state index in [9.17, 15) is 19.0 Å². The number of phosphoric acid groups is 1. The Balaban J connectivity index is 3.77. The highest BCUT2D eigenvalue weighted by Crippen LogP contribution is 2.43. The van der Waals surface area contributed by atoms with Crippen LogP contribution in [0.1, 0.15) is 399 Å². The second-order valence-electron chi connectivity index (χ2n) is 25.5. The summed E-state index contributed by atoms with van der Waals surface area (Å²) >= 11 is 0. The van der Waals surface area contributed by atoms with Gasteiger partial charge in [-0.05, 0) is 51.4 Å².